The number of carbonyl (C=O) groups is 1. The Labute approximate surface area is 162 Å². The molecule has 0 aliphatic rings. The highest BCUT2D eigenvalue weighted by atomic mass is 35.5. The van der Waals surface area contributed by atoms with E-state index in [1.54, 1.807) is 6.92 Å². The molecule has 0 atom stereocenters. The number of anilines is 1. The lowest BCUT2D eigenvalue weighted by Gasteiger charge is -2.24. The second-order valence-electron chi connectivity index (χ2n) is 5.16. The van der Waals surface area contributed by atoms with Crippen LogP contribution in [-0.2, 0) is 14.8 Å². The van der Waals surface area contributed by atoms with Crippen molar-refractivity contribution in [2.45, 2.75) is 11.8 Å². The van der Waals surface area contributed by atoms with Gasteiger partial charge in [-0.3, -0.25) is 4.31 Å². The Kier molecular flexibility index (Phi) is 6.69. The Balaban J connectivity index is 2.53. The molecule has 2 rings (SSSR count). The first-order chi connectivity index (χ1) is 12.3. The minimum atomic E-state index is -3.89. The Morgan fingerprint density at radius 3 is 2.42 bits per heavy atom. The van der Waals surface area contributed by atoms with E-state index in [-0.39, 0.29) is 34.3 Å². The van der Waals surface area contributed by atoms with E-state index < -0.39 is 16.0 Å². The van der Waals surface area contributed by atoms with Gasteiger partial charge >= 0.3 is 5.97 Å². The highest BCUT2D eigenvalue weighted by molar-refractivity contribution is 7.92. The summed E-state index contributed by atoms with van der Waals surface area (Å²) in [5, 5.41) is 0.602. The van der Waals surface area contributed by atoms with E-state index in [2.05, 4.69) is 6.58 Å². The molecule has 0 aromatic heterocycles. The lowest BCUT2D eigenvalue weighted by molar-refractivity contribution is 0.0526. The van der Waals surface area contributed by atoms with Crippen LogP contribution in [0.5, 0.6) is 0 Å². The number of hydrogen-bond acceptors (Lipinski definition) is 4. The van der Waals surface area contributed by atoms with Gasteiger partial charge in [0.2, 0.25) is 0 Å². The minimum absolute atomic E-state index is 0.00879. The molecule has 0 saturated carbocycles. The van der Waals surface area contributed by atoms with Crippen LogP contribution in [0.3, 0.4) is 0 Å². The Bertz CT molecular complexity index is 911. The van der Waals surface area contributed by atoms with Crippen molar-refractivity contribution in [2.75, 3.05) is 17.5 Å². The van der Waals surface area contributed by atoms with E-state index in [1.807, 2.05) is 0 Å². The van der Waals surface area contributed by atoms with Crippen molar-refractivity contribution in [2.24, 2.45) is 0 Å². The zero-order valence-electron chi connectivity index (χ0n) is 14.0. The van der Waals surface area contributed by atoms with Gasteiger partial charge in [0.05, 0.1) is 34.3 Å². The van der Waals surface area contributed by atoms with Gasteiger partial charge in [0.25, 0.3) is 10.0 Å². The first kappa shape index (κ1) is 20.3. The highest BCUT2D eigenvalue weighted by Crippen LogP contribution is 2.29. The van der Waals surface area contributed by atoms with Gasteiger partial charge in [-0.05, 0) is 49.4 Å². The number of halogens is 2. The molecular weight excluding hydrogens is 397 g/mol. The minimum Gasteiger partial charge on any atom is -0.462 e. The summed E-state index contributed by atoms with van der Waals surface area (Å²) in [6, 6.07) is 10.2. The Morgan fingerprint density at radius 1 is 1.19 bits per heavy atom. The van der Waals surface area contributed by atoms with Gasteiger partial charge in [0, 0.05) is 5.02 Å². The Morgan fingerprint density at radius 2 is 1.85 bits per heavy atom. The molecule has 0 aliphatic carbocycles. The van der Waals surface area contributed by atoms with Crippen molar-refractivity contribution in [1.29, 1.82) is 0 Å². The third kappa shape index (κ3) is 4.38. The fraction of sp³-hybridized carbons (Fsp3) is 0.167. The smallest absolute Gasteiger partial charge is 0.339 e. The molecule has 0 bridgehead atoms. The molecule has 2 aromatic rings. The van der Waals surface area contributed by atoms with E-state index >= 15 is 0 Å². The number of ether oxygens (including phenoxy) is 1. The van der Waals surface area contributed by atoms with Gasteiger partial charge in [-0.1, -0.05) is 29.3 Å². The van der Waals surface area contributed by atoms with Crippen molar-refractivity contribution in [1.82, 2.24) is 0 Å². The summed E-state index contributed by atoms with van der Waals surface area (Å²) >= 11 is 11.9. The van der Waals surface area contributed by atoms with Crippen LogP contribution in [0.25, 0.3) is 0 Å². The number of carbonyl (C=O) groups excluding carboxylic acids is 1. The van der Waals surface area contributed by atoms with E-state index in [1.165, 1.54) is 48.5 Å². The molecule has 0 fully saturated rings. The molecule has 0 amide bonds. The van der Waals surface area contributed by atoms with Gasteiger partial charge < -0.3 is 4.74 Å². The molecule has 138 valence electrons. The molecular formula is C18H17Cl2NO4S. The zero-order valence-corrected chi connectivity index (χ0v) is 16.3. The topological polar surface area (TPSA) is 63.7 Å². The summed E-state index contributed by atoms with van der Waals surface area (Å²) in [4.78, 5) is 12.1. The molecule has 2 aromatic carbocycles. The van der Waals surface area contributed by atoms with Crippen LogP contribution in [0.4, 0.5) is 5.69 Å². The van der Waals surface area contributed by atoms with Crippen LogP contribution >= 0.6 is 23.2 Å². The maximum atomic E-state index is 13.0. The first-order valence-electron chi connectivity index (χ1n) is 7.67. The number of nitrogens with zero attached hydrogens (tertiary/aromatic N) is 1. The van der Waals surface area contributed by atoms with Gasteiger partial charge in [-0.2, -0.15) is 0 Å². The van der Waals surface area contributed by atoms with Crippen LogP contribution in [0.2, 0.25) is 10.0 Å². The van der Waals surface area contributed by atoms with Gasteiger partial charge in [0.1, 0.15) is 0 Å². The predicted molar refractivity (Wildman–Crippen MR) is 104 cm³/mol. The summed E-state index contributed by atoms with van der Waals surface area (Å²) in [6.07, 6.45) is 1.45. The van der Waals surface area contributed by atoms with Gasteiger partial charge in [0.15, 0.2) is 0 Å². The van der Waals surface area contributed by atoms with Crippen LogP contribution in [0.15, 0.2) is 60.0 Å². The average molecular weight is 414 g/mol. The second-order valence-corrected chi connectivity index (χ2v) is 7.87. The van der Waals surface area contributed by atoms with Crippen molar-refractivity contribution < 1.29 is 17.9 Å². The van der Waals surface area contributed by atoms with Crippen LogP contribution in [0, 0.1) is 0 Å². The number of benzene rings is 2. The number of rotatable bonds is 7. The van der Waals surface area contributed by atoms with Gasteiger partial charge in [-0.25, -0.2) is 13.2 Å². The second kappa shape index (κ2) is 8.58. The predicted octanol–water partition coefficient (Wildman–Crippen LogP) is 4.55. The highest BCUT2D eigenvalue weighted by Gasteiger charge is 2.25. The zero-order chi connectivity index (χ0) is 19.3. The van der Waals surface area contributed by atoms with Crippen LogP contribution in [-0.4, -0.2) is 27.5 Å². The third-order valence-electron chi connectivity index (χ3n) is 3.43. The fourth-order valence-electron chi connectivity index (χ4n) is 2.23. The molecule has 8 heteroatoms. The quantitative estimate of drug-likeness (QED) is 0.493. The summed E-state index contributed by atoms with van der Waals surface area (Å²) in [5.41, 5.74) is 0.360. The van der Waals surface area contributed by atoms with Crippen molar-refractivity contribution in [3.8, 4) is 0 Å². The van der Waals surface area contributed by atoms with E-state index in [9.17, 15) is 13.2 Å². The summed E-state index contributed by atoms with van der Waals surface area (Å²) in [7, 11) is -3.89. The SMILES string of the molecule is C=CCN(c1ccc(Cl)c(C(=O)OCC)c1)S(=O)(=O)c1ccc(Cl)cc1. The molecule has 26 heavy (non-hydrogen) atoms. The van der Waals surface area contributed by atoms with Gasteiger partial charge in [-0.15, -0.1) is 6.58 Å². The van der Waals surface area contributed by atoms with E-state index in [0.29, 0.717) is 5.02 Å². The van der Waals surface area contributed by atoms with E-state index in [0.717, 1.165) is 4.31 Å². The lowest BCUT2D eigenvalue weighted by Crippen LogP contribution is -2.31. The number of esters is 1. The molecule has 0 unspecified atom stereocenters. The third-order valence-corrected chi connectivity index (χ3v) is 5.82. The molecule has 0 spiro atoms. The normalized spacial score (nSPS) is 11.0. The maximum absolute atomic E-state index is 13.0. The number of sulfonamides is 1. The van der Waals surface area contributed by atoms with Crippen molar-refractivity contribution >= 4 is 44.9 Å². The molecule has 0 heterocycles. The first-order valence-corrected chi connectivity index (χ1v) is 9.86. The van der Waals surface area contributed by atoms with Crippen molar-refractivity contribution in [3.05, 3.63) is 70.7 Å². The largest absolute Gasteiger partial charge is 0.462 e. The van der Waals surface area contributed by atoms with Crippen LogP contribution in [0.1, 0.15) is 17.3 Å². The monoisotopic (exact) mass is 413 g/mol. The summed E-state index contributed by atoms with van der Waals surface area (Å²) in [5.74, 6) is -0.623. The molecule has 5 nitrogen and oxygen atoms in total. The fourth-order valence-corrected chi connectivity index (χ4v) is 3.97. The average Bonchev–Trinajstić information content (AvgIpc) is 2.61. The van der Waals surface area contributed by atoms with Crippen LogP contribution < -0.4 is 4.31 Å². The molecule has 0 saturated heterocycles. The van der Waals surface area contributed by atoms with E-state index in [4.69, 9.17) is 27.9 Å². The Hall–Kier alpha value is -2.02. The maximum Gasteiger partial charge on any atom is 0.339 e. The molecule has 0 radical (unpaired) electrons. The number of hydrogen-bond donors (Lipinski definition) is 0. The summed E-state index contributed by atoms with van der Waals surface area (Å²) < 4.78 is 32.1. The lowest BCUT2D eigenvalue weighted by atomic mass is 10.2. The summed E-state index contributed by atoms with van der Waals surface area (Å²) in [6.45, 7) is 5.47. The standard InChI is InChI=1S/C18H17Cl2NO4S/c1-3-11-21(26(23,24)15-8-5-13(19)6-9-15)14-7-10-17(20)16(12-14)18(22)25-4-2/h3,5-10,12H,1,4,11H2,2H3. The molecule has 0 N–H and O–H groups in total. The van der Waals surface area contributed by atoms with Crippen molar-refractivity contribution in [3.63, 3.8) is 0 Å². The molecule has 0 aliphatic heterocycles.